The van der Waals surface area contributed by atoms with E-state index in [1.165, 1.54) is 25.3 Å². The van der Waals surface area contributed by atoms with Crippen molar-refractivity contribution in [1.82, 2.24) is 4.72 Å². The Balaban J connectivity index is 1.93. The highest BCUT2D eigenvalue weighted by molar-refractivity contribution is 7.89. The van der Waals surface area contributed by atoms with Crippen molar-refractivity contribution in [2.45, 2.75) is 31.2 Å². The Hall–Kier alpha value is -2.87. The molecule has 0 saturated carbocycles. The van der Waals surface area contributed by atoms with Gasteiger partial charge in [0, 0.05) is 10.7 Å². The van der Waals surface area contributed by atoms with E-state index in [9.17, 15) is 13.2 Å². The number of hydrogen-bond acceptors (Lipinski definition) is 4. The number of anilines is 1. The summed E-state index contributed by atoms with van der Waals surface area (Å²) >= 11 is 6.02. The molecule has 0 aliphatic heterocycles. The van der Waals surface area contributed by atoms with Gasteiger partial charge in [0.05, 0.1) is 7.11 Å². The van der Waals surface area contributed by atoms with Crippen LogP contribution in [0.4, 0.5) is 5.69 Å². The molecule has 2 N–H and O–H groups in total. The summed E-state index contributed by atoms with van der Waals surface area (Å²) in [5.74, 6) is -0.333. The second kappa shape index (κ2) is 10.2. The van der Waals surface area contributed by atoms with Gasteiger partial charge in [-0.05, 0) is 55.7 Å². The Morgan fingerprint density at radius 2 is 1.75 bits per heavy atom. The molecule has 0 unspecified atom stereocenters. The fourth-order valence-corrected chi connectivity index (χ4v) is 4.95. The number of rotatable bonds is 8. The number of carbonyl (C=O) groups is 1. The fraction of sp³-hybridized carbons (Fsp3) is 0.208. The minimum absolute atomic E-state index is 0.134. The van der Waals surface area contributed by atoms with E-state index in [0.29, 0.717) is 5.69 Å². The third kappa shape index (κ3) is 5.88. The highest BCUT2D eigenvalue weighted by Gasteiger charge is 2.29. The summed E-state index contributed by atoms with van der Waals surface area (Å²) in [5, 5.41) is 3.09. The van der Waals surface area contributed by atoms with Crippen LogP contribution in [-0.2, 0) is 21.2 Å². The second-order valence-corrected chi connectivity index (χ2v) is 9.59. The van der Waals surface area contributed by atoms with E-state index in [0.717, 1.165) is 16.7 Å². The normalized spacial score (nSPS) is 12.2. The maximum absolute atomic E-state index is 13.2. The average molecular weight is 473 g/mol. The molecule has 8 heteroatoms. The lowest BCUT2D eigenvalue weighted by Crippen LogP contribution is -2.45. The summed E-state index contributed by atoms with van der Waals surface area (Å²) < 4.78 is 34.1. The number of halogens is 1. The molecule has 1 atom stereocenters. The van der Waals surface area contributed by atoms with Gasteiger partial charge in [0.2, 0.25) is 15.9 Å². The molecule has 6 nitrogen and oxygen atoms in total. The van der Waals surface area contributed by atoms with E-state index in [4.69, 9.17) is 16.3 Å². The topological polar surface area (TPSA) is 84.5 Å². The number of methoxy groups -OCH3 is 1. The van der Waals surface area contributed by atoms with E-state index in [2.05, 4.69) is 10.0 Å². The zero-order chi connectivity index (χ0) is 23.3. The Labute approximate surface area is 193 Å². The van der Waals surface area contributed by atoms with E-state index in [-0.39, 0.29) is 22.1 Å². The van der Waals surface area contributed by atoms with Crippen LogP contribution in [0.15, 0.2) is 71.6 Å². The molecule has 3 rings (SSSR count). The van der Waals surface area contributed by atoms with Gasteiger partial charge < -0.3 is 10.1 Å². The quantitative estimate of drug-likeness (QED) is 0.505. The molecule has 0 aliphatic rings. The largest absolute Gasteiger partial charge is 0.495 e. The molecule has 0 radical (unpaired) electrons. The van der Waals surface area contributed by atoms with Crippen molar-refractivity contribution in [1.29, 1.82) is 0 Å². The van der Waals surface area contributed by atoms with Crippen LogP contribution >= 0.6 is 11.6 Å². The maximum Gasteiger partial charge on any atom is 0.245 e. The molecule has 0 saturated heterocycles. The highest BCUT2D eigenvalue weighted by atomic mass is 35.5. The molecular formula is C24H25ClN2O4S. The Morgan fingerprint density at radius 3 is 2.41 bits per heavy atom. The number of aryl methyl sites for hydroxylation is 2. The lowest BCUT2D eigenvalue weighted by atomic mass is 10.1. The number of sulfonamides is 1. The first kappa shape index (κ1) is 23.8. The highest BCUT2D eigenvalue weighted by Crippen LogP contribution is 2.27. The monoisotopic (exact) mass is 472 g/mol. The molecule has 0 bridgehead atoms. The lowest BCUT2D eigenvalue weighted by Gasteiger charge is -2.20. The molecule has 0 aromatic heterocycles. The summed E-state index contributed by atoms with van der Waals surface area (Å²) in [4.78, 5) is 13.1. The third-order valence-electron chi connectivity index (χ3n) is 4.95. The summed E-state index contributed by atoms with van der Waals surface area (Å²) in [5.41, 5.74) is 3.39. The smallest absolute Gasteiger partial charge is 0.245 e. The standard InChI is InChI=1S/C24H25ClN2O4S/c1-16-9-11-20(17(2)13-16)26-24(28)21(14-18-7-5-4-6-8-18)27-32(29,30)23-15-19(25)10-12-22(23)31-3/h4-13,15,21,27H,14H2,1-3H3,(H,26,28)/t21-/m1/s1. The van der Waals surface area contributed by atoms with Gasteiger partial charge in [0.25, 0.3) is 0 Å². The fourth-order valence-electron chi connectivity index (χ4n) is 3.32. The first-order valence-corrected chi connectivity index (χ1v) is 11.8. The first-order chi connectivity index (χ1) is 15.2. The molecule has 3 aromatic rings. The lowest BCUT2D eigenvalue weighted by molar-refractivity contribution is -0.117. The van der Waals surface area contributed by atoms with Crippen LogP contribution in [0.25, 0.3) is 0 Å². The van der Waals surface area contributed by atoms with Crippen molar-refractivity contribution in [2.75, 3.05) is 12.4 Å². The summed E-state index contributed by atoms with van der Waals surface area (Å²) in [6.45, 7) is 3.85. The number of carbonyl (C=O) groups excluding carboxylic acids is 1. The van der Waals surface area contributed by atoms with Crippen molar-refractivity contribution >= 4 is 33.2 Å². The van der Waals surface area contributed by atoms with E-state index in [1.54, 1.807) is 6.07 Å². The Kier molecular flexibility index (Phi) is 7.56. The summed E-state index contributed by atoms with van der Waals surface area (Å²) in [6, 6.07) is 18.1. The van der Waals surface area contributed by atoms with Crippen LogP contribution in [0.2, 0.25) is 5.02 Å². The predicted molar refractivity (Wildman–Crippen MR) is 127 cm³/mol. The SMILES string of the molecule is COc1ccc(Cl)cc1S(=O)(=O)N[C@H](Cc1ccccc1)C(=O)Nc1ccc(C)cc1C. The van der Waals surface area contributed by atoms with Crippen LogP contribution in [0.3, 0.4) is 0 Å². The molecule has 1 amide bonds. The third-order valence-corrected chi connectivity index (χ3v) is 6.68. The van der Waals surface area contributed by atoms with Crippen molar-refractivity contribution in [3.8, 4) is 5.75 Å². The Bertz CT molecular complexity index is 1210. The second-order valence-electron chi connectivity index (χ2n) is 7.47. The van der Waals surface area contributed by atoms with E-state index in [1.807, 2.05) is 56.3 Å². The minimum atomic E-state index is -4.12. The molecule has 0 fully saturated rings. The molecule has 0 spiro atoms. The van der Waals surface area contributed by atoms with Crippen LogP contribution in [0.1, 0.15) is 16.7 Å². The number of benzene rings is 3. The van der Waals surface area contributed by atoms with Gasteiger partial charge >= 0.3 is 0 Å². The van der Waals surface area contributed by atoms with Gasteiger partial charge in [-0.2, -0.15) is 4.72 Å². The van der Waals surface area contributed by atoms with Crippen LogP contribution < -0.4 is 14.8 Å². The maximum atomic E-state index is 13.2. The zero-order valence-electron chi connectivity index (χ0n) is 18.1. The summed E-state index contributed by atoms with van der Waals surface area (Å²) in [7, 11) is -2.75. The van der Waals surface area contributed by atoms with Crippen LogP contribution in [-0.4, -0.2) is 27.5 Å². The number of amides is 1. The van der Waals surface area contributed by atoms with Crippen LogP contribution in [0.5, 0.6) is 5.75 Å². The van der Waals surface area contributed by atoms with Gasteiger partial charge in [-0.1, -0.05) is 59.6 Å². The molecule has 168 valence electrons. The predicted octanol–water partition coefficient (Wildman–Crippen LogP) is 4.49. The van der Waals surface area contributed by atoms with Gasteiger partial charge in [-0.15, -0.1) is 0 Å². The molecule has 0 heterocycles. The van der Waals surface area contributed by atoms with Crippen molar-refractivity contribution in [3.63, 3.8) is 0 Å². The summed E-state index contributed by atoms with van der Waals surface area (Å²) in [6.07, 6.45) is 0.166. The first-order valence-electron chi connectivity index (χ1n) is 9.97. The molecule has 0 aliphatic carbocycles. The van der Waals surface area contributed by atoms with Crippen molar-refractivity contribution in [3.05, 3.63) is 88.4 Å². The zero-order valence-corrected chi connectivity index (χ0v) is 19.6. The minimum Gasteiger partial charge on any atom is -0.495 e. The van der Waals surface area contributed by atoms with Crippen molar-refractivity contribution in [2.24, 2.45) is 0 Å². The van der Waals surface area contributed by atoms with Gasteiger partial charge in [0.1, 0.15) is 16.7 Å². The van der Waals surface area contributed by atoms with E-state index < -0.39 is 22.0 Å². The number of ether oxygens (including phenoxy) is 1. The van der Waals surface area contributed by atoms with Crippen LogP contribution in [0, 0.1) is 13.8 Å². The average Bonchev–Trinajstić information content (AvgIpc) is 2.75. The molecular weight excluding hydrogens is 448 g/mol. The Morgan fingerprint density at radius 1 is 1.03 bits per heavy atom. The number of nitrogens with one attached hydrogen (secondary N) is 2. The van der Waals surface area contributed by atoms with Gasteiger partial charge in [-0.3, -0.25) is 4.79 Å². The van der Waals surface area contributed by atoms with E-state index >= 15 is 0 Å². The molecule has 3 aromatic carbocycles. The molecule has 32 heavy (non-hydrogen) atoms. The van der Waals surface area contributed by atoms with Gasteiger partial charge in [-0.25, -0.2) is 8.42 Å². The number of hydrogen-bond donors (Lipinski definition) is 2. The van der Waals surface area contributed by atoms with Crippen molar-refractivity contribution < 1.29 is 17.9 Å². The van der Waals surface area contributed by atoms with Gasteiger partial charge in [0.15, 0.2) is 0 Å².